The van der Waals surface area contributed by atoms with E-state index in [0.717, 1.165) is 42.8 Å². The number of rotatable bonds is 5. The standard InChI is InChI=1S/C24H25N7O/c1-29-11-13-30(14-12-29)18-6-4-5-17(15-18)27-24-26-10-9-22(28-24)31-16-20(23(25)32)19-7-2-3-8-21(19)31/h2-10,15-16H,11-14H2,1H3,(H2,25,32)(H,26,27,28). The lowest BCUT2D eigenvalue weighted by molar-refractivity contribution is 0.100. The number of primary amides is 1. The van der Waals surface area contributed by atoms with Gasteiger partial charge in [-0.1, -0.05) is 24.3 Å². The first-order chi connectivity index (χ1) is 15.6. The molecule has 1 amide bonds. The predicted octanol–water partition coefficient (Wildman–Crippen LogP) is 3.01. The molecule has 0 atom stereocenters. The topological polar surface area (TPSA) is 92.3 Å². The minimum absolute atomic E-state index is 0.465. The van der Waals surface area contributed by atoms with E-state index >= 15 is 0 Å². The van der Waals surface area contributed by atoms with E-state index in [1.807, 2.05) is 47.0 Å². The van der Waals surface area contributed by atoms with Crippen LogP contribution in [0.25, 0.3) is 16.7 Å². The SMILES string of the molecule is CN1CCN(c2cccc(Nc3nccc(-n4cc(C(N)=O)c5ccccc54)n3)c2)CC1. The lowest BCUT2D eigenvalue weighted by Gasteiger charge is -2.34. The Morgan fingerprint density at radius 1 is 1.03 bits per heavy atom. The largest absolute Gasteiger partial charge is 0.369 e. The molecule has 3 heterocycles. The summed E-state index contributed by atoms with van der Waals surface area (Å²) in [4.78, 5) is 25.7. The second kappa shape index (κ2) is 8.32. The van der Waals surface area contributed by atoms with Crippen LogP contribution in [0, 0.1) is 0 Å². The first-order valence-corrected chi connectivity index (χ1v) is 10.6. The van der Waals surface area contributed by atoms with Crippen molar-refractivity contribution in [1.82, 2.24) is 19.4 Å². The lowest BCUT2D eigenvalue weighted by Crippen LogP contribution is -2.44. The van der Waals surface area contributed by atoms with E-state index in [-0.39, 0.29) is 0 Å². The van der Waals surface area contributed by atoms with Gasteiger partial charge in [0.2, 0.25) is 5.95 Å². The molecular formula is C24H25N7O. The third-order valence-corrected chi connectivity index (χ3v) is 5.84. The maximum absolute atomic E-state index is 11.9. The molecule has 162 valence electrons. The van der Waals surface area contributed by atoms with E-state index in [4.69, 9.17) is 5.73 Å². The maximum atomic E-state index is 11.9. The van der Waals surface area contributed by atoms with Gasteiger partial charge in [-0.05, 0) is 37.4 Å². The molecule has 1 aliphatic heterocycles. The average molecular weight is 428 g/mol. The number of benzene rings is 2. The molecule has 8 heteroatoms. The van der Waals surface area contributed by atoms with Crippen LogP contribution < -0.4 is 16.0 Å². The molecule has 2 aromatic carbocycles. The number of hydrogen-bond donors (Lipinski definition) is 2. The monoisotopic (exact) mass is 427 g/mol. The molecule has 4 aromatic rings. The molecule has 1 saturated heterocycles. The van der Waals surface area contributed by atoms with Crippen LogP contribution in [0.3, 0.4) is 0 Å². The summed E-state index contributed by atoms with van der Waals surface area (Å²) in [5.74, 6) is 0.672. The zero-order valence-electron chi connectivity index (χ0n) is 17.9. The van der Waals surface area contributed by atoms with Crippen LogP contribution in [0.1, 0.15) is 10.4 Å². The number of nitrogens with two attached hydrogens (primary N) is 1. The maximum Gasteiger partial charge on any atom is 0.250 e. The van der Waals surface area contributed by atoms with Crippen molar-refractivity contribution in [3.05, 3.63) is 72.6 Å². The second-order valence-electron chi connectivity index (χ2n) is 8.00. The number of aromatic nitrogens is 3. The third-order valence-electron chi connectivity index (χ3n) is 5.84. The Hall–Kier alpha value is -3.91. The van der Waals surface area contributed by atoms with Gasteiger partial charge < -0.3 is 25.4 Å². The van der Waals surface area contributed by atoms with E-state index < -0.39 is 5.91 Å². The number of nitrogens with one attached hydrogen (secondary N) is 1. The van der Waals surface area contributed by atoms with Gasteiger partial charge in [-0.3, -0.25) is 4.79 Å². The van der Waals surface area contributed by atoms with Crippen LogP contribution in [0.2, 0.25) is 0 Å². The van der Waals surface area contributed by atoms with Gasteiger partial charge in [-0.25, -0.2) is 4.98 Å². The number of carbonyl (C=O) groups excluding carboxylic acids is 1. The molecule has 0 unspecified atom stereocenters. The van der Waals surface area contributed by atoms with Gasteiger partial charge >= 0.3 is 0 Å². The van der Waals surface area contributed by atoms with Gasteiger partial charge in [0, 0.05) is 55.3 Å². The summed E-state index contributed by atoms with van der Waals surface area (Å²) in [5.41, 5.74) is 9.02. The summed E-state index contributed by atoms with van der Waals surface area (Å²) in [7, 11) is 2.15. The van der Waals surface area contributed by atoms with Gasteiger partial charge in [0.15, 0.2) is 0 Å². The molecule has 1 aliphatic rings. The lowest BCUT2D eigenvalue weighted by atomic mass is 10.2. The van der Waals surface area contributed by atoms with E-state index in [2.05, 4.69) is 44.3 Å². The van der Waals surface area contributed by atoms with Crippen LogP contribution in [-0.2, 0) is 0 Å². The molecule has 8 nitrogen and oxygen atoms in total. The van der Waals surface area contributed by atoms with E-state index in [9.17, 15) is 4.79 Å². The zero-order valence-corrected chi connectivity index (χ0v) is 17.9. The van der Waals surface area contributed by atoms with Crippen LogP contribution in [0.4, 0.5) is 17.3 Å². The van der Waals surface area contributed by atoms with Gasteiger partial charge in [0.1, 0.15) is 5.82 Å². The van der Waals surface area contributed by atoms with E-state index in [0.29, 0.717) is 17.3 Å². The summed E-state index contributed by atoms with van der Waals surface area (Å²) >= 11 is 0. The minimum atomic E-state index is -0.465. The molecule has 1 fully saturated rings. The van der Waals surface area contributed by atoms with Gasteiger partial charge in [0.05, 0.1) is 11.1 Å². The fourth-order valence-electron chi connectivity index (χ4n) is 4.08. The second-order valence-corrected chi connectivity index (χ2v) is 8.00. The van der Waals surface area contributed by atoms with Crippen molar-refractivity contribution in [1.29, 1.82) is 0 Å². The fraction of sp³-hybridized carbons (Fsp3) is 0.208. The van der Waals surface area contributed by atoms with Crippen LogP contribution in [0.5, 0.6) is 0 Å². The Labute approximate surface area is 186 Å². The first-order valence-electron chi connectivity index (χ1n) is 10.6. The summed E-state index contributed by atoms with van der Waals surface area (Å²) in [5, 5.41) is 4.11. The molecule has 0 saturated carbocycles. The normalized spacial score (nSPS) is 14.6. The van der Waals surface area contributed by atoms with Gasteiger partial charge in [-0.2, -0.15) is 4.98 Å². The first kappa shape index (κ1) is 20.0. The molecular weight excluding hydrogens is 402 g/mol. The van der Waals surface area contributed by atoms with Crippen molar-refractivity contribution in [2.75, 3.05) is 43.4 Å². The molecule has 3 N–H and O–H groups in total. The number of para-hydroxylation sites is 1. The number of anilines is 3. The number of carbonyl (C=O) groups is 1. The highest BCUT2D eigenvalue weighted by Crippen LogP contribution is 2.25. The fourth-order valence-corrected chi connectivity index (χ4v) is 4.08. The van der Waals surface area contributed by atoms with Crippen molar-refractivity contribution in [2.45, 2.75) is 0 Å². The number of fused-ring (bicyclic) bond motifs is 1. The van der Waals surface area contributed by atoms with Crippen LogP contribution in [-0.4, -0.2) is 58.6 Å². The van der Waals surface area contributed by atoms with Crippen molar-refractivity contribution in [3.8, 4) is 5.82 Å². The number of nitrogens with zero attached hydrogens (tertiary/aromatic N) is 5. The molecule has 0 aliphatic carbocycles. The molecule has 32 heavy (non-hydrogen) atoms. The number of likely N-dealkylation sites (N-methyl/N-ethyl adjacent to an activating group) is 1. The average Bonchev–Trinajstić information content (AvgIpc) is 3.20. The van der Waals surface area contributed by atoms with E-state index in [1.165, 1.54) is 5.69 Å². The van der Waals surface area contributed by atoms with E-state index in [1.54, 1.807) is 12.4 Å². The number of amides is 1. The number of piperazine rings is 1. The molecule has 0 radical (unpaired) electrons. The quantitative estimate of drug-likeness (QED) is 0.509. The summed E-state index contributed by atoms with van der Waals surface area (Å²) in [6.45, 7) is 4.13. The zero-order chi connectivity index (χ0) is 22.1. The number of hydrogen-bond acceptors (Lipinski definition) is 6. The van der Waals surface area contributed by atoms with Crippen LogP contribution >= 0.6 is 0 Å². The van der Waals surface area contributed by atoms with Crippen molar-refractivity contribution in [2.24, 2.45) is 5.73 Å². The van der Waals surface area contributed by atoms with Gasteiger partial charge in [0.25, 0.3) is 5.91 Å². The Morgan fingerprint density at radius 3 is 2.66 bits per heavy atom. The Morgan fingerprint density at radius 2 is 1.84 bits per heavy atom. The van der Waals surface area contributed by atoms with Crippen molar-refractivity contribution < 1.29 is 4.79 Å². The van der Waals surface area contributed by atoms with Crippen LogP contribution in [0.15, 0.2) is 67.0 Å². The minimum Gasteiger partial charge on any atom is -0.369 e. The molecule has 0 bridgehead atoms. The summed E-state index contributed by atoms with van der Waals surface area (Å²) in [6, 6.07) is 17.7. The summed E-state index contributed by atoms with van der Waals surface area (Å²) < 4.78 is 1.86. The third kappa shape index (κ3) is 3.88. The highest BCUT2D eigenvalue weighted by molar-refractivity contribution is 6.06. The van der Waals surface area contributed by atoms with Crippen molar-refractivity contribution >= 4 is 34.1 Å². The smallest absolute Gasteiger partial charge is 0.250 e. The molecule has 2 aromatic heterocycles. The Bertz CT molecular complexity index is 1270. The van der Waals surface area contributed by atoms with Crippen molar-refractivity contribution in [3.63, 3.8) is 0 Å². The highest BCUT2D eigenvalue weighted by Gasteiger charge is 2.16. The highest BCUT2D eigenvalue weighted by atomic mass is 16.1. The predicted molar refractivity (Wildman–Crippen MR) is 127 cm³/mol. The molecule has 5 rings (SSSR count). The summed E-state index contributed by atoms with van der Waals surface area (Å²) in [6.07, 6.45) is 3.43. The molecule has 0 spiro atoms. The Balaban J connectivity index is 1.43. The van der Waals surface area contributed by atoms with Gasteiger partial charge in [-0.15, -0.1) is 0 Å². The Kier molecular flexibility index (Phi) is 5.20.